The van der Waals surface area contributed by atoms with Crippen LogP contribution in [0.2, 0.25) is 0 Å². The van der Waals surface area contributed by atoms with Gasteiger partial charge in [-0.05, 0) is 26.3 Å². The van der Waals surface area contributed by atoms with Crippen LogP contribution < -0.4 is 5.32 Å². The standard InChI is InChI=1S/C12H21N3S/c1-3-15(11-4-5-11)7-6-14-10(2)12-8-13-9-16-12/h8-11,14H,3-7H2,1-2H3. The van der Waals surface area contributed by atoms with Crippen molar-refractivity contribution in [3.05, 3.63) is 16.6 Å². The van der Waals surface area contributed by atoms with E-state index in [1.54, 1.807) is 11.3 Å². The summed E-state index contributed by atoms with van der Waals surface area (Å²) in [5, 5.41) is 3.56. The van der Waals surface area contributed by atoms with Gasteiger partial charge in [-0.1, -0.05) is 6.92 Å². The number of nitrogens with one attached hydrogen (secondary N) is 1. The molecular formula is C12H21N3S. The van der Waals surface area contributed by atoms with Crippen molar-refractivity contribution in [1.82, 2.24) is 15.2 Å². The molecule has 4 heteroatoms. The van der Waals surface area contributed by atoms with Crippen molar-refractivity contribution in [3.8, 4) is 0 Å². The Labute approximate surface area is 102 Å². The molecule has 0 spiro atoms. The van der Waals surface area contributed by atoms with E-state index < -0.39 is 0 Å². The summed E-state index contributed by atoms with van der Waals surface area (Å²) < 4.78 is 0. The third-order valence-corrected chi connectivity index (χ3v) is 4.16. The fourth-order valence-electron chi connectivity index (χ4n) is 2.00. The summed E-state index contributed by atoms with van der Waals surface area (Å²) >= 11 is 1.73. The van der Waals surface area contributed by atoms with Crippen molar-refractivity contribution in [1.29, 1.82) is 0 Å². The smallest absolute Gasteiger partial charge is 0.0794 e. The lowest BCUT2D eigenvalue weighted by Crippen LogP contribution is -2.34. The van der Waals surface area contributed by atoms with Gasteiger partial charge in [0.05, 0.1) is 5.51 Å². The molecule has 0 bridgehead atoms. The van der Waals surface area contributed by atoms with Crippen molar-refractivity contribution >= 4 is 11.3 Å². The molecule has 1 heterocycles. The molecule has 1 atom stereocenters. The topological polar surface area (TPSA) is 28.2 Å². The maximum Gasteiger partial charge on any atom is 0.0794 e. The van der Waals surface area contributed by atoms with Crippen LogP contribution in [0.4, 0.5) is 0 Å². The lowest BCUT2D eigenvalue weighted by molar-refractivity contribution is 0.273. The molecule has 2 rings (SSSR count). The van der Waals surface area contributed by atoms with E-state index in [-0.39, 0.29) is 0 Å². The van der Waals surface area contributed by atoms with Crippen LogP contribution >= 0.6 is 11.3 Å². The SMILES string of the molecule is CCN(CCNC(C)c1cncs1)C1CC1. The first-order chi connectivity index (χ1) is 7.81. The summed E-state index contributed by atoms with van der Waals surface area (Å²) in [6, 6.07) is 1.32. The fourth-order valence-corrected chi connectivity index (χ4v) is 2.66. The molecule has 3 nitrogen and oxygen atoms in total. The van der Waals surface area contributed by atoms with Crippen molar-refractivity contribution < 1.29 is 0 Å². The zero-order chi connectivity index (χ0) is 11.4. The molecule has 1 N–H and O–H groups in total. The van der Waals surface area contributed by atoms with Crippen LogP contribution in [0.1, 0.15) is 37.6 Å². The Hall–Kier alpha value is -0.450. The molecule has 90 valence electrons. The highest BCUT2D eigenvalue weighted by Gasteiger charge is 2.27. The molecular weight excluding hydrogens is 218 g/mol. The first kappa shape index (κ1) is 12.0. The van der Waals surface area contributed by atoms with Crippen LogP contribution in [0, 0.1) is 0 Å². The van der Waals surface area contributed by atoms with Crippen LogP contribution in [0.5, 0.6) is 0 Å². The van der Waals surface area contributed by atoms with Gasteiger partial charge in [0.15, 0.2) is 0 Å². The Bertz CT molecular complexity index is 295. The van der Waals surface area contributed by atoms with Gasteiger partial charge in [-0.25, -0.2) is 0 Å². The van der Waals surface area contributed by atoms with Gasteiger partial charge in [-0.15, -0.1) is 11.3 Å². The van der Waals surface area contributed by atoms with E-state index in [1.165, 1.54) is 30.8 Å². The molecule has 1 unspecified atom stereocenters. The van der Waals surface area contributed by atoms with E-state index in [9.17, 15) is 0 Å². The van der Waals surface area contributed by atoms with Gasteiger partial charge in [-0.2, -0.15) is 0 Å². The van der Waals surface area contributed by atoms with Gasteiger partial charge in [-0.3, -0.25) is 9.88 Å². The van der Waals surface area contributed by atoms with Gasteiger partial charge < -0.3 is 5.32 Å². The summed E-state index contributed by atoms with van der Waals surface area (Å²) in [5.41, 5.74) is 1.90. The lowest BCUT2D eigenvalue weighted by Gasteiger charge is -2.21. The number of thiazole rings is 1. The van der Waals surface area contributed by atoms with Crippen molar-refractivity contribution in [2.75, 3.05) is 19.6 Å². The van der Waals surface area contributed by atoms with E-state index in [1.807, 2.05) is 11.7 Å². The first-order valence-electron chi connectivity index (χ1n) is 6.17. The summed E-state index contributed by atoms with van der Waals surface area (Å²) in [6.45, 7) is 7.89. The highest BCUT2D eigenvalue weighted by Crippen LogP contribution is 2.26. The second-order valence-corrected chi connectivity index (χ2v) is 5.36. The molecule has 0 aliphatic heterocycles. The van der Waals surface area contributed by atoms with E-state index in [4.69, 9.17) is 0 Å². The number of rotatable bonds is 7. The average molecular weight is 239 g/mol. The number of aromatic nitrogens is 1. The summed E-state index contributed by atoms with van der Waals surface area (Å²) in [5.74, 6) is 0. The number of hydrogen-bond acceptors (Lipinski definition) is 4. The molecule has 1 aromatic rings. The van der Waals surface area contributed by atoms with Gasteiger partial charge in [0.25, 0.3) is 0 Å². The average Bonchev–Trinajstić information content (AvgIpc) is 2.97. The minimum atomic E-state index is 0.436. The van der Waals surface area contributed by atoms with Crippen LogP contribution in [0.25, 0.3) is 0 Å². The zero-order valence-electron chi connectivity index (χ0n) is 10.1. The van der Waals surface area contributed by atoms with Gasteiger partial charge >= 0.3 is 0 Å². The Morgan fingerprint density at radius 2 is 2.44 bits per heavy atom. The Morgan fingerprint density at radius 3 is 3.00 bits per heavy atom. The zero-order valence-corrected chi connectivity index (χ0v) is 11.0. The largest absolute Gasteiger partial charge is 0.308 e. The maximum absolute atomic E-state index is 4.11. The van der Waals surface area contributed by atoms with Crippen LogP contribution in [-0.4, -0.2) is 35.6 Å². The van der Waals surface area contributed by atoms with E-state index >= 15 is 0 Å². The predicted octanol–water partition coefficient (Wildman–Crippen LogP) is 2.28. The second kappa shape index (κ2) is 5.75. The third kappa shape index (κ3) is 3.27. The lowest BCUT2D eigenvalue weighted by atomic mass is 10.3. The first-order valence-corrected chi connectivity index (χ1v) is 7.05. The van der Waals surface area contributed by atoms with E-state index in [0.717, 1.165) is 12.6 Å². The Kier molecular flexibility index (Phi) is 4.32. The van der Waals surface area contributed by atoms with Crippen LogP contribution in [0.3, 0.4) is 0 Å². The summed E-state index contributed by atoms with van der Waals surface area (Å²) in [6.07, 6.45) is 4.76. The molecule has 0 aromatic carbocycles. The van der Waals surface area contributed by atoms with E-state index in [2.05, 4.69) is 29.0 Å². The molecule has 1 aliphatic rings. The number of hydrogen-bond donors (Lipinski definition) is 1. The molecule has 1 saturated carbocycles. The molecule has 0 radical (unpaired) electrons. The Morgan fingerprint density at radius 1 is 1.62 bits per heavy atom. The molecule has 1 aliphatic carbocycles. The third-order valence-electron chi connectivity index (χ3n) is 3.20. The second-order valence-electron chi connectivity index (χ2n) is 4.44. The minimum Gasteiger partial charge on any atom is -0.308 e. The molecule has 1 aromatic heterocycles. The van der Waals surface area contributed by atoms with Gasteiger partial charge in [0.1, 0.15) is 0 Å². The summed E-state index contributed by atoms with van der Waals surface area (Å²) in [4.78, 5) is 8.01. The quantitative estimate of drug-likeness (QED) is 0.791. The van der Waals surface area contributed by atoms with Crippen molar-refractivity contribution in [2.24, 2.45) is 0 Å². The molecule has 0 amide bonds. The number of nitrogens with zero attached hydrogens (tertiary/aromatic N) is 2. The predicted molar refractivity (Wildman–Crippen MR) is 68.8 cm³/mol. The van der Waals surface area contributed by atoms with Gasteiger partial charge in [0.2, 0.25) is 0 Å². The van der Waals surface area contributed by atoms with Crippen molar-refractivity contribution in [2.45, 2.75) is 38.8 Å². The molecule has 16 heavy (non-hydrogen) atoms. The maximum atomic E-state index is 4.11. The highest BCUT2D eigenvalue weighted by atomic mass is 32.1. The minimum absolute atomic E-state index is 0.436. The van der Waals surface area contributed by atoms with Crippen LogP contribution in [0.15, 0.2) is 11.7 Å². The Balaban J connectivity index is 1.67. The monoisotopic (exact) mass is 239 g/mol. The summed E-state index contributed by atoms with van der Waals surface area (Å²) in [7, 11) is 0. The fraction of sp³-hybridized carbons (Fsp3) is 0.750. The highest BCUT2D eigenvalue weighted by molar-refractivity contribution is 7.09. The van der Waals surface area contributed by atoms with Gasteiger partial charge in [0, 0.05) is 36.2 Å². The van der Waals surface area contributed by atoms with Crippen molar-refractivity contribution in [3.63, 3.8) is 0 Å². The molecule has 1 fully saturated rings. The normalized spacial score (nSPS) is 17.9. The van der Waals surface area contributed by atoms with Crippen LogP contribution in [-0.2, 0) is 0 Å². The number of likely N-dealkylation sites (N-methyl/N-ethyl adjacent to an activating group) is 1. The molecule has 0 saturated heterocycles. The van der Waals surface area contributed by atoms with E-state index in [0.29, 0.717) is 6.04 Å².